The summed E-state index contributed by atoms with van der Waals surface area (Å²) in [6.45, 7) is 2.44. The first kappa shape index (κ1) is 15.5. The molecule has 2 N–H and O–H groups in total. The van der Waals surface area contributed by atoms with Crippen LogP contribution < -0.4 is 0 Å². The molecule has 1 aliphatic rings. The number of nitrogens with zero attached hydrogens (tertiary/aromatic N) is 1. The van der Waals surface area contributed by atoms with Gasteiger partial charge in [0, 0.05) is 6.04 Å². The molecule has 1 saturated carbocycles. The zero-order valence-electron chi connectivity index (χ0n) is 12.1. The molecule has 0 radical (unpaired) electrons. The van der Waals surface area contributed by atoms with Crippen LogP contribution in [0.1, 0.15) is 25.3 Å². The van der Waals surface area contributed by atoms with Crippen molar-refractivity contribution in [2.24, 2.45) is 5.92 Å². The van der Waals surface area contributed by atoms with Gasteiger partial charge in [-0.3, -0.25) is 14.5 Å². The zero-order valence-corrected chi connectivity index (χ0v) is 12.1. The number of benzene rings is 1. The Bertz CT molecular complexity index is 502. The van der Waals surface area contributed by atoms with E-state index in [0.717, 1.165) is 5.56 Å². The maximum absolute atomic E-state index is 11.5. The van der Waals surface area contributed by atoms with Crippen molar-refractivity contribution in [3.05, 3.63) is 35.9 Å². The highest BCUT2D eigenvalue weighted by atomic mass is 16.4. The normalized spacial score (nSPS) is 22.0. The second-order valence-corrected chi connectivity index (χ2v) is 5.46. The predicted octanol–water partition coefficient (Wildman–Crippen LogP) is 1.87. The van der Waals surface area contributed by atoms with E-state index in [1.807, 2.05) is 42.2 Å². The average molecular weight is 291 g/mol. The molecular formula is C16H21NO4. The molecule has 114 valence electrons. The van der Waals surface area contributed by atoms with Gasteiger partial charge in [-0.15, -0.1) is 0 Å². The summed E-state index contributed by atoms with van der Waals surface area (Å²) in [5.41, 5.74) is 1.10. The molecule has 0 aromatic heterocycles. The van der Waals surface area contributed by atoms with Crippen LogP contribution in [0.5, 0.6) is 0 Å². The number of rotatable bonds is 8. The first-order valence-corrected chi connectivity index (χ1v) is 7.29. The Balaban J connectivity index is 2.00. The third-order valence-electron chi connectivity index (χ3n) is 4.10. The molecular weight excluding hydrogens is 270 g/mol. The number of carboxylic acids is 2. The molecule has 1 aromatic rings. The van der Waals surface area contributed by atoms with Crippen molar-refractivity contribution in [2.75, 3.05) is 6.54 Å². The second-order valence-electron chi connectivity index (χ2n) is 5.46. The van der Waals surface area contributed by atoms with Gasteiger partial charge in [0.1, 0.15) is 6.04 Å². The van der Waals surface area contributed by atoms with Crippen molar-refractivity contribution in [2.45, 2.75) is 38.3 Å². The summed E-state index contributed by atoms with van der Waals surface area (Å²) in [4.78, 5) is 24.4. The van der Waals surface area contributed by atoms with Crippen molar-refractivity contribution < 1.29 is 19.8 Å². The summed E-state index contributed by atoms with van der Waals surface area (Å²) in [6, 6.07) is 9.00. The Morgan fingerprint density at radius 1 is 1.29 bits per heavy atom. The van der Waals surface area contributed by atoms with E-state index < -0.39 is 23.9 Å². The fourth-order valence-electron chi connectivity index (χ4n) is 2.88. The van der Waals surface area contributed by atoms with Crippen LogP contribution in [0.2, 0.25) is 0 Å². The van der Waals surface area contributed by atoms with E-state index in [-0.39, 0.29) is 6.04 Å². The lowest BCUT2D eigenvalue weighted by Gasteiger charge is -2.28. The van der Waals surface area contributed by atoms with E-state index in [4.69, 9.17) is 5.11 Å². The molecule has 0 saturated heterocycles. The van der Waals surface area contributed by atoms with Crippen LogP contribution in [0.15, 0.2) is 30.3 Å². The zero-order chi connectivity index (χ0) is 15.4. The Morgan fingerprint density at radius 3 is 2.43 bits per heavy atom. The van der Waals surface area contributed by atoms with Crippen molar-refractivity contribution >= 4 is 11.9 Å². The molecule has 0 bridgehead atoms. The van der Waals surface area contributed by atoms with Gasteiger partial charge in [0.05, 0.1) is 5.92 Å². The van der Waals surface area contributed by atoms with Crippen molar-refractivity contribution in [3.8, 4) is 0 Å². The molecule has 0 spiro atoms. The lowest BCUT2D eigenvalue weighted by molar-refractivity contribution is -0.145. The van der Waals surface area contributed by atoms with Crippen molar-refractivity contribution in [1.82, 2.24) is 4.90 Å². The smallest absolute Gasteiger partial charge is 0.320 e. The third-order valence-corrected chi connectivity index (χ3v) is 4.10. The topological polar surface area (TPSA) is 77.8 Å². The molecule has 0 aliphatic heterocycles. The molecule has 3 atom stereocenters. The summed E-state index contributed by atoms with van der Waals surface area (Å²) < 4.78 is 0. The van der Waals surface area contributed by atoms with Crippen molar-refractivity contribution in [3.63, 3.8) is 0 Å². The van der Waals surface area contributed by atoms with E-state index >= 15 is 0 Å². The van der Waals surface area contributed by atoms with Gasteiger partial charge in [0.15, 0.2) is 0 Å². The highest BCUT2D eigenvalue weighted by molar-refractivity contribution is 5.76. The summed E-state index contributed by atoms with van der Waals surface area (Å²) in [7, 11) is 0. The highest BCUT2D eigenvalue weighted by Crippen LogP contribution is 2.37. The molecule has 0 heterocycles. The van der Waals surface area contributed by atoms with Gasteiger partial charge in [-0.25, -0.2) is 0 Å². The van der Waals surface area contributed by atoms with E-state index in [1.54, 1.807) is 0 Å². The Hall–Kier alpha value is -1.88. The van der Waals surface area contributed by atoms with Gasteiger partial charge in [-0.2, -0.15) is 0 Å². The number of hydrogen-bond acceptors (Lipinski definition) is 3. The van der Waals surface area contributed by atoms with Gasteiger partial charge in [0.25, 0.3) is 0 Å². The Labute approximate surface area is 124 Å². The molecule has 1 fully saturated rings. The minimum absolute atomic E-state index is 0.135. The molecule has 5 nitrogen and oxygen atoms in total. The summed E-state index contributed by atoms with van der Waals surface area (Å²) >= 11 is 0. The van der Waals surface area contributed by atoms with Crippen LogP contribution in [0.4, 0.5) is 0 Å². The van der Waals surface area contributed by atoms with Crippen molar-refractivity contribution in [1.29, 1.82) is 0 Å². The van der Waals surface area contributed by atoms with E-state index in [2.05, 4.69) is 0 Å². The molecule has 21 heavy (non-hydrogen) atoms. The van der Waals surface area contributed by atoms with Gasteiger partial charge < -0.3 is 10.2 Å². The molecule has 0 amide bonds. The quantitative estimate of drug-likeness (QED) is 0.764. The number of carbonyl (C=O) groups is 2. The van der Waals surface area contributed by atoms with Gasteiger partial charge >= 0.3 is 11.9 Å². The standard InChI is InChI=1S/C16H21NO4/c1-2-17(14-10-12(14)15(18)19)13(16(20)21)9-8-11-6-4-3-5-7-11/h3-7,12-14H,2,8-10H2,1H3,(H,18,19)(H,20,21). The maximum atomic E-state index is 11.5. The number of carboxylic acid groups (broad SMARTS) is 2. The average Bonchev–Trinajstić information content (AvgIpc) is 3.24. The maximum Gasteiger partial charge on any atom is 0.320 e. The molecule has 3 unspecified atom stereocenters. The highest BCUT2D eigenvalue weighted by Gasteiger charge is 2.49. The second kappa shape index (κ2) is 6.72. The fraction of sp³-hybridized carbons (Fsp3) is 0.500. The van der Waals surface area contributed by atoms with E-state index in [0.29, 0.717) is 25.8 Å². The van der Waals surface area contributed by atoms with Crippen LogP contribution in [-0.2, 0) is 16.0 Å². The van der Waals surface area contributed by atoms with Crippen LogP contribution in [0.25, 0.3) is 0 Å². The third kappa shape index (κ3) is 3.82. The number of aryl methyl sites for hydroxylation is 1. The number of aliphatic carboxylic acids is 2. The van der Waals surface area contributed by atoms with Crippen LogP contribution >= 0.6 is 0 Å². The minimum atomic E-state index is -0.871. The Morgan fingerprint density at radius 2 is 1.95 bits per heavy atom. The van der Waals surface area contributed by atoms with Crippen LogP contribution in [0.3, 0.4) is 0 Å². The first-order valence-electron chi connectivity index (χ1n) is 7.29. The number of likely N-dealkylation sites (N-methyl/N-ethyl adjacent to an activating group) is 1. The monoisotopic (exact) mass is 291 g/mol. The summed E-state index contributed by atoms with van der Waals surface area (Å²) in [5.74, 6) is -2.11. The predicted molar refractivity (Wildman–Crippen MR) is 78.1 cm³/mol. The van der Waals surface area contributed by atoms with E-state index in [1.165, 1.54) is 0 Å². The lowest BCUT2D eigenvalue weighted by Crippen LogP contribution is -2.44. The minimum Gasteiger partial charge on any atom is -0.481 e. The molecule has 1 aliphatic carbocycles. The number of hydrogen-bond donors (Lipinski definition) is 2. The molecule has 1 aromatic carbocycles. The fourth-order valence-corrected chi connectivity index (χ4v) is 2.88. The lowest BCUT2D eigenvalue weighted by atomic mass is 10.0. The Kier molecular flexibility index (Phi) is 4.96. The first-order chi connectivity index (χ1) is 10.0. The van der Waals surface area contributed by atoms with Crippen LogP contribution in [-0.4, -0.2) is 45.7 Å². The van der Waals surface area contributed by atoms with Gasteiger partial charge in [0.2, 0.25) is 0 Å². The van der Waals surface area contributed by atoms with E-state index in [9.17, 15) is 14.7 Å². The summed E-state index contributed by atoms with van der Waals surface area (Å²) in [5, 5.41) is 18.5. The largest absolute Gasteiger partial charge is 0.481 e. The van der Waals surface area contributed by atoms with Gasteiger partial charge in [-0.05, 0) is 31.4 Å². The van der Waals surface area contributed by atoms with Crippen LogP contribution in [0, 0.1) is 5.92 Å². The molecule has 2 rings (SSSR count). The van der Waals surface area contributed by atoms with Gasteiger partial charge in [-0.1, -0.05) is 37.3 Å². The molecule has 5 heteroatoms. The summed E-state index contributed by atoms with van der Waals surface area (Å²) in [6.07, 6.45) is 1.73. The SMILES string of the molecule is CCN(C(CCc1ccccc1)C(=O)O)C1CC1C(=O)O.